The van der Waals surface area contributed by atoms with Crippen LogP contribution in [0.25, 0.3) is 0 Å². The van der Waals surface area contributed by atoms with Crippen molar-refractivity contribution in [3.8, 4) is 0 Å². The van der Waals surface area contributed by atoms with Crippen molar-refractivity contribution in [2.45, 2.75) is 39.2 Å². The van der Waals surface area contributed by atoms with Crippen LogP contribution < -0.4 is 21.3 Å². The van der Waals surface area contributed by atoms with Crippen molar-refractivity contribution in [3.05, 3.63) is 54.1 Å². The van der Waals surface area contributed by atoms with E-state index in [-0.39, 0.29) is 36.2 Å². The molecule has 1 atom stereocenters. The Morgan fingerprint density at radius 2 is 1.69 bits per heavy atom. The smallest absolute Gasteiger partial charge is 0.319 e. The standard InChI is InChI=1S/C22H26N4O3/c1-14(2)23-22(29)26-19-10-6-5-9-18(19)24-20(27)12-11-16-13-15-7-3-4-8-17(15)25-21(16)28/h3-10,14,16H,11-13H2,1-2H3,(H,24,27)(H,25,28)(H2,23,26,29). The molecule has 0 saturated carbocycles. The minimum atomic E-state index is -0.334. The third kappa shape index (κ3) is 5.57. The van der Waals surface area contributed by atoms with Crippen LogP contribution >= 0.6 is 0 Å². The second-order valence-electron chi connectivity index (χ2n) is 7.43. The van der Waals surface area contributed by atoms with Gasteiger partial charge in [-0.15, -0.1) is 0 Å². The van der Waals surface area contributed by atoms with Crippen LogP contribution in [0.4, 0.5) is 21.9 Å². The highest BCUT2D eigenvalue weighted by atomic mass is 16.2. The number of carbonyl (C=O) groups is 3. The Balaban J connectivity index is 1.56. The van der Waals surface area contributed by atoms with Crippen LogP contribution in [0.2, 0.25) is 0 Å². The van der Waals surface area contributed by atoms with E-state index in [1.54, 1.807) is 24.3 Å². The lowest BCUT2D eigenvalue weighted by Gasteiger charge is -2.24. The summed E-state index contributed by atoms with van der Waals surface area (Å²) in [6, 6.07) is 14.4. The van der Waals surface area contributed by atoms with E-state index in [4.69, 9.17) is 0 Å². The summed E-state index contributed by atoms with van der Waals surface area (Å²) in [5.41, 5.74) is 2.97. The number of hydrogen-bond donors (Lipinski definition) is 4. The molecule has 152 valence electrons. The Hall–Kier alpha value is -3.35. The summed E-state index contributed by atoms with van der Waals surface area (Å²) in [5.74, 6) is -0.486. The minimum absolute atomic E-state index is 0.00326. The van der Waals surface area contributed by atoms with Crippen molar-refractivity contribution >= 4 is 34.9 Å². The molecule has 1 aliphatic rings. The molecule has 29 heavy (non-hydrogen) atoms. The normalized spacial score (nSPS) is 15.3. The van der Waals surface area contributed by atoms with Gasteiger partial charge in [0.05, 0.1) is 11.4 Å². The number of nitrogens with one attached hydrogen (secondary N) is 4. The lowest BCUT2D eigenvalue weighted by Crippen LogP contribution is -2.34. The van der Waals surface area contributed by atoms with E-state index in [0.29, 0.717) is 24.2 Å². The summed E-state index contributed by atoms with van der Waals surface area (Å²) in [6.45, 7) is 3.74. The summed E-state index contributed by atoms with van der Waals surface area (Å²) in [4.78, 5) is 36.7. The zero-order chi connectivity index (χ0) is 20.8. The van der Waals surface area contributed by atoms with E-state index in [9.17, 15) is 14.4 Å². The van der Waals surface area contributed by atoms with Gasteiger partial charge in [0.15, 0.2) is 0 Å². The predicted octanol–water partition coefficient (Wildman–Crippen LogP) is 3.75. The molecule has 1 unspecified atom stereocenters. The maximum Gasteiger partial charge on any atom is 0.319 e. The molecule has 2 aromatic rings. The van der Waals surface area contributed by atoms with Crippen molar-refractivity contribution in [2.24, 2.45) is 5.92 Å². The number of para-hydroxylation sites is 3. The molecule has 1 aliphatic heterocycles. The molecule has 7 nitrogen and oxygen atoms in total. The predicted molar refractivity (Wildman–Crippen MR) is 114 cm³/mol. The minimum Gasteiger partial charge on any atom is -0.336 e. The third-order valence-corrected chi connectivity index (χ3v) is 4.70. The van der Waals surface area contributed by atoms with Gasteiger partial charge in [0.1, 0.15) is 0 Å². The van der Waals surface area contributed by atoms with Crippen molar-refractivity contribution in [2.75, 3.05) is 16.0 Å². The van der Waals surface area contributed by atoms with Crippen molar-refractivity contribution in [1.82, 2.24) is 5.32 Å². The van der Waals surface area contributed by atoms with Gasteiger partial charge in [-0.2, -0.15) is 0 Å². The van der Waals surface area contributed by atoms with Crippen LogP contribution in [0.5, 0.6) is 0 Å². The first-order valence-corrected chi connectivity index (χ1v) is 9.77. The Labute approximate surface area is 170 Å². The van der Waals surface area contributed by atoms with Gasteiger partial charge in [-0.05, 0) is 50.5 Å². The number of rotatable bonds is 6. The maximum absolute atomic E-state index is 12.5. The number of hydrogen-bond acceptors (Lipinski definition) is 3. The number of carbonyl (C=O) groups excluding carboxylic acids is 3. The fraction of sp³-hybridized carbons (Fsp3) is 0.318. The van der Waals surface area contributed by atoms with Crippen molar-refractivity contribution in [3.63, 3.8) is 0 Å². The molecule has 4 amide bonds. The van der Waals surface area contributed by atoms with Crippen molar-refractivity contribution in [1.29, 1.82) is 0 Å². The molecule has 0 aliphatic carbocycles. The molecule has 0 spiro atoms. The number of anilines is 3. The molecule has 4 N–H and O–H groups in total. The summed E-state index contributed by atoms with van der Waals surface area (Å²) < 4.78 is 0. The molecule has 2 aromatic carbocycles. The van der Waals surface area contributed by atoms with Crippen molar-refractivity contribution < 1.29 is 14.4 Å². The van der Waals surface area contributed by atoms with Gasteiger partial charge in [-0.3, -0.25) is 9.59 Å². The molecule has 0 aromatic heterocycles. The fourth-order valence-corrected chi connectivity index (χ4v) is 3.29. The molecule has 0 fully saturated rings. The van der Waals surface area contributed by atoms with E-state index in [0.717, 1.165) is 11.3 Å². The lowest BCUT2D eigenvalue weighted by molar-refractivity contribution is -0.121. The van der Waals surface area contributed by atoms with Crippen LogP contribution in [0.3, 0.4) is 0 Å². The third-order valence-electron chi connectivity index (χ3n) is 4.70. The quantitative estimate of drug-likeness (QED) is 0.600. The first-order chi connectivity index (χ1) is 13.9. The molecule has 0 radical (unpaired) electrons. The first kappa shape index (κ1) is 20.4. The second kappa shape index (κ2) is 9.23. The highest BCUT2D eigenvalue weighted by molar-refractivity contribution is 6.00. The molecule has 0 bridgehead atoms. The van der Waals surface area contributed by atoms with Gasteiger partial charge in [-0.1, -0.05) is 30.3 Å². The van der Waals surface area contributed by atoms with Gasteiger partial charge in [0, 0.05) is 24.1 Å². The van der Waals surface area contributed by atoms with Gasteiger partial charge < -0.3 is 21.3 Å². The summed E-state index contributed by atoms with van der Waals surface area (Å²) >= 11 is 0. The Morgan fingerprint density at radius 1 is 1.03 bits per heavy atom. The SMILES string of the molecule is CC(C)NC(=O)Nc1ccccc1NC(=O)CCC1Cc2ccccc2NC1=O. The average molecular weight is 394 g/mol. The van der Waals surface area contributed by atoms with Gasteiger partial charge >= 0.3 is 6.03 Å². The number of benzene rings is 2. The second-order valence-corrected chi connectivity index (χ2v) is 7.43. The maximum atomic E-state index is 12.5. The molecular formula is C22H26N4O3. The summed E-state index contributed by atoms with van der Waals surface area (Å²) in [5, 5.41) is 11.2. The van der Waals surface area contributed by atoms with Crippen LogP contribution in [0.1, 0.15) is 32.3 Å². The largest absolute Gasteiger partial charge is 0.336 e. The zero-order valence-corrected chi connectivity index (χ0v) is 16.6. The highest BCUT2D eigenvalue weighted by Gasteiger charge is 2.26. The molecule has 7 heteroatoms. The van der Waals surface area contributed by atoms with E-state index >= 15 is 0 Å². The molecule has 3 rings (SSSR count). The number of amides is 4. The topological polar surface area (TPSA) is 99.3 Å². The Morgan fingerprint density at radius 3 is 2.41 bits per heavy atom. The average Bonchev–Trinajstić information content (AvgIpc) is 2.67. The lowest BCUT2D eigenvalue weighted by atomic mass is 9.89. The Bertz CT molecular complexity index is 910. The van der Waals surface area contributed by atoms with Gasteiger partial charge in [0.2, 0.25) is 11.8 Å². The highest BCUT2D eigenvalue weighted by Crippen LogP contribution is 2.28. The summed E-state index contributed by atoms with van der Waals surface area (Å²) in [6.07, 6.45) is 1.30. The van der Waals surface area contributed by atoms with Crippen LogP contribution in [-0.2, 0) is 16.0 Å². The van der Waals surface area contributed by atoms with Crippen LogP contribution in [0, 0.1) is 5.92 Å². The van der Waals surface area contributed by atoms with E-state index in [2.05, 4.69) is 21.3 Å². The van der Waals surface area contributed by atoms with Crippen LogP contribution in [0.15, 0.2) is 48.5 Å². The van der Waals surface area contributed by atoms with E-state index in [1.165, 1.54) is 0 Å². The molecule has 1 heterocycles. The molecular weight excluding hydrogens is 368 g/mol. The van der Waals surface area contributed by atoms with E-state index in [1.807, 2.05) is 38.1 Å². The van der Waals surface area contributed by atoms with Gasteiger partial charge in [0.25, 0.3) is 0 Å². The van der Waals surface area contributed by atoms with E-state index < -0.39 is 0 Å². The number of fused-ring (bicyclic) bond motifs is 1. The monoisotopic (exact) mass is 394 g/mol. The zero-order valence-electron chi connectivity index (χ0n) is 16.6. The Kier molecular flexibility index (Phi) is 6.49. The molecule has 0 saturated heterocycles. The van der Waals surface area contributed by atoms with Gasteiger partial charge in [-0.25, -0.2) is 4.79 Å². The van der Waals surface area contributed by atoms with Crippen LogP contribution in [-0.4, -0.2) is 23.9 Å². The first-order valence-electron chi connectivity index (χ1n) is 9.77. The number of urea groups is 1. The fourth-order valence-electron chi connectivity index (χ4n) is 3.29. The summed E-state index contributed by atoms with van der Waals surface area (Å²) in [7, 11) is 0.